The summed E-state index contributed by atoms with van der Waals surface area (Å²) in [6.07, 6.45) is 0. The van der Waals surface area contributed by atoms with E-state index in [2.05, 4.69) is 9.97 Å². The van der Waals surface area contributed by atoms with Crippen LogP contribution >= 0.6 is 11.6 Å². The molecule has 1 saturated heterocycles. The van der Waals surface area contributed by atoms with Gasteiger partial charge in [0.15, 0.2) is 0 Å². The second kappa shape index (κ2) is 8.03. The minimum absolute atomic E-state index is 0.132. The van der Waals surface area contributed by atoms with Gasteiger partial charge in [0.2, 0.25) is 10.0 Å². The van der Waals surface area contributed by atoms with Gasteiger partial charge in [0.1, 0.15) is 22.4 Å². The highest BCUT2D eigenvalue weighted by Gasteiger charge is 2.31. The first-order chi connectivity index (χ1) is 14.2. The zero-order valence-electron chi connectivity index (χ0n) is 15.6. The van der Waals surface area contributed by atoms with Gasteiger partial charge in [0.25, 0.3) is 5.56 Å². The molecule has 0 amide bonds. The van der Waals surface area contributed by atoms with Gasteiger partial charge >= 0.3 is 0 Å². The number of nitrogens with one attached hydrogen (secondary N) is 1. The minimum atomic E-state index is -4.07. The monoisotopic (exact) mass is 454 g/mol. The van der Waals surface area contributed by atoms with E-state index in [4.69, 9.17) is 11.6 Å². The Labute approximate surface area is 176 Å². The maximum absolute atomic E-state index is 13.9. The Morgan fingerprint density at radius 1 is 1.07 bits per heavy atom. The molecule has 1 aliphatic heterocycles. The Morgan fingerprint density at radius 3 is 2.50 bits per heavy atom. The predicted octanol–water partition coefficient (Wildman–Crippen LogP) is 2.36. The number of nitrogens with zero attached hydrogens (tertiary/aromatic N) is 3. The second-order valence-electron chi connectivity index (χ2n) is 6.93. The largest absolute Gasteiger partial charge is 0.309 e. The van der Waals surface area contributed by atoms with E-state index in [1.54, 1.807) is 18.2 Å². The molecular formula is C19H17ClF2N4O3S. The van der Waals surface area contributed by atoms with Gasteiger partial charge in [0.05, 0.1) is 17.4 Å². The molecule has 2 heterocycles. The number of piperazine rings is 1. The van der Waals surface area contributed by atoms with Crippen molar-refractivity contribution in [3.8, 4) is 0 Å². The third-order valence-electron chi connectivity index (χ3n) is 4.93. The Bertz CT molecular complexity index is 1270. The normalized spacial score (nSPS) is 16.2. The third kappa shape index (κ3) is 4.08. The van der Waals surface area contributed by atoms with E-state index in [1.807, 2.05) is 4.90 Å². The summed E-state index contributed by atoms with van der Waals surface area (Å²) < 4.78 is 53.6. The maximum atomic E-state index is 13.9. The maximum Gasteiger partial charge on any atom is 0.258 e. The highest BCUT2D eigenvalue weighted by molar-refractivity contribution is 7.89. The first-order valence-corrected chi connectivity index (χ1v) is 10.9. The molecule has 11 heteroatoms. The Balaban J connectivity index is 1.47. The van der Waals surface area contributed by atoms with Crippen molar-refractivity contribution in [2.24, 2.45) is 0 Å². The van der Waals surface area contributed by atoms with E-state index in [-0.39, 0.29) is 18.6 Å². The standard InChI is InChI=1S/C19H17ClF2N4O3S/c20-12-1-3-16-14(9-12)19(27)24-18(23-16)11-25-5-7-26(8-6-25)30(28,29)17-4-2-13(21)10-15(17)22/h1-4,9-10H,5-8,11H2,(H,23,24,27). The van der Waals surface area contributed by atoms with Gasteiger partial charge in [0, 0.05) is 37.3 Å². The number of hydrogen-bond acceptors (Lipinski definition) is 5. The van der Waals surface area contributed by atoms with Crippen LogP contribution in [0.4, 0.5) is 8.78 Å². The lowest BCUT2D eigenvalue weighted by atomic mass is 10.2. The Hall–Kier alpha value is -2.40. The van der Waals surface area contributed by atoms with Crippen LogP contribution in [0, 0.1) is 11.6 Å². The van der Waals surface area contributed by atoms with Gasteiger partial charge in [-0.25, -0.2) is 22.2 Å². The molecule has 1 aliphatic rings. The molecule has 0 atom stereocenters. The van der Waals surface area contributed by atoms with Gasteiger partial charge in [-0.1, -0.05) is 11.6 Å². The molecule has 1 aromatic heterocycles. The van der Waals surface area contributed by atoms with E-state index in [9.17, 15) is 22.0 Å². The summed E-state index contributed by atoms with van der Waals surface area (Å²) >= 11 is 5.91. The first kappa shape index (κ1) is 20.9. The van der Waals surface area contributed by atoms with Crippen LogP contribution in [0.5, 0.6) is 0 Å². The van der Waals surface area contributed by atoms with E-state index in [0.29, 0.717) is 47.5 Å². The van der Waals surface area contributed by atoms with Crippen molar-refractivity contribution in [1.82, 2.24) is 19.2 Å². The summed E-state index contributed by atoms with van der Waals surface area (Å²) in [5, 5.41) is 0.834. The highest BCUT2D eigenvalue weighted by Crippen LogP contribution is 2.22. The van der Waals surface area contributed by atoms with Crippen LogP contribution in [0.15, 0.2) is 46.1 Å². The van der Waals surface area contributed by atoms with Crippen molar-refractivity contribution in [3.05, 3.63) is 69.2 Å². The van der Waals surface area contributed by atoms with Gasteiger partial charge in [-0.3, -0.25) is 9.69 Å². The van der Waals surface area contributed by atoms with Gasteiger partial charge in [-0.05, 0) is 30.3 Å². The van der Waals surface area contributed by atoms with Crippen LogP contribution in [-0.2, 0) is 16.6 Å². The summed E-state index contributed by atoms with van der Waals surface area (Å²) in [6.45, 7) is 1.32. The summed E-state index contributed by atoms with van der Waals surface area (Å²) in [6, 6.07) is 7.27. The van der Waals surface area contributed by atoms with E-state index >= 15 is 0 Å². The summed E-state index contributed by atoms with van der Waals surface area (Å²) in [5.41, 5.74) is 0.219. The SMILES string of the molecule is O=c1[nH]c(CN2CCN(S(=O)(=O)c3ccc(F)cc3F)CC2)nc2ccc(Cl)cc12. The smallest absolute Gasteiger partial charge is 0.258 e. The molecule has 4 rings (SSSR count). The first-order valence-electron chi connectivity index (χ1n) is 9.10. The fourth-order valence-electron chi connectivity index (χ4n) is 3.40. The highest BCUT2D eigenvalue weighted by atomic mass is 35.5. The van der Waals surface area contributed by atoms with Crippen molar-refractivity contribution in [3.63, 3.8) is 0 Å². The Kier molecular flexibility index (Phi) is 5.58. The molecule has 2 aromatic carbocycles. The minimum Gasteiger partial charge on any atom is -0.309 e. The van der Waals surface area contributed by atoms with Gasteiger partial charge < -0.3 is 4.98 Å². The molecule has 0 saturated carbocycles. The number of rotatable bonds is 4. The molecule has 1 N–H and O–H groups in total. The number of hydrogen-bond donors (Lipinski definition) is 1. The van der Waals surface area contributed by atoms with Crippen molar-refractivity contribution in [2.45, 2.75) is 11.4 Å². The van der Waals surface area contributed by atoms with Crippen LogP contribution in [0.25, 0.3) is 10.9 Å². The number of sulfonamides is 1. The van der Waals surface area contributed by atoms with Crippen molar-refractivity contribution in [2.75, 3.05) is 26.2 Å². The number of halogens is 3. The topological polar surface area (TPSA) is 86.4 Å². The average molecular weight is 455 g/mol. The van der Waals surface area contributed by atoms with E-state index < -0.39 is 26.6 Å². The van der Waals surface area contributed by atoms with E-state index in [1.165, 1.54) is 4.31 Å². The fraction of sp³-hybridized carbons (Fsp3) is 0.263. The van der Waals surface area contributed by atoms with Crippen LogP contribution in [0.3, 0.4) is 0 Å². The zero-order chi connectivity index (χ0) is 21.5. The van der Waals surface area contributed by atoms with Crippen LogP contribution in [0.1, 0.15) is 5.82 Å². The fourth-order valence-corrected chi connectivity index (χ4v) is 5.04. The van der Waals surface area contributed by atoms with Crippen molar-refractivity contribution in [1.29, 1.82) is 0 Å². The molecule has 0 bridgehead atoms. The number of benzene rings is 2. The summed E-state index contributed by atoms with van der Waals surface area (Å²) in [5.74, 6) is -1.50. The molecule has 0 unspecified atom stereocenters. The van der Waals surface area contributed by atoms with Gasteiger partial charge in [-0.2, -0.15) is 4.31 Å². The molecule has 0 aliphatic carbocycles. The molecule has 0 spiro atoms. The second-order valence-corrected chi connectivity index (χ2v) is 9.27. The molecule has 1 fully saturated rings. The lowest BCUT2D eigenvalue weighted by Gasteiger charge is -2.33. The van der Waals surface area contributed by atoms with Crippen LogP contribution < -0.4 is 5.56 Å². The van der Waals surface area contributed by atoms with E-state index in [0.717, 1.165) is 12.1 Å². The van der Waals surface area contributed by atoms with Crippen molar-refractivity contribution >= 4 is 32.5 Å². The summed E-state index contributed by atoms with van der Waals surface area (Å²) in [7, 11) is -4.07. The lowest BCUT2D eigenvalue weighted by molar-refractivity contribution is 0.178. The molecule has 30 heavy (non-hydrogen) atoms. The molecular weight excluding hydrogens is 438 g/mol. The molecule has 158 valence electrons. The lowest BCUT2D eigenvalue weighted by Crippen LogP contribution is -2.48. The average Bonchev–Trinajstić information content (AvgIpc) is 2.69. The van der Waals surface area contributed by atoms with Gasteiger partial charge in [-0.15, -0.1) is 0 Å². The molecule has 7 nitrogen and oxygen atoms in total. The number of fused-ring (bicyclic) bond motifs is 1. The number of H-pyrrole nitrogens is 1. The Morgan fingerprint density at radius 2 is 1.80 bits per heavy atom. The predicted molar refractivity (Wildman–Crippen MR) is 108 cm³/mol. The number of aromatic amines is 1. The van der Waals surface area contributed by atoms with Crippen molar-refractivity contribution < 1.29 is 17.2 Å². The summed E-state index contributed by atoms with van der Waals surface area (Å²) in [4.78, 5) is 20.8. The third-order valence-corrected chi connectivity index (χ3v) is 7.10. The van der Waals surface area contributed by atoms with Crippen LogP contribution in [0.2, 0.25) is 5.02 Å². The quantitative estimate of drug-likeness (QED) is 0.654. The molecule has 3 aromatic rings. The number of aromatic nitrogens is 2. The molecule has 0 radical (unpaired) electrons. The zero-order valence-corrected chi connectivity index (χ0v) is 17.2. The van der Waals surface area contributed by atoms with Crippen LogP contribution in [-0.4, -0.2) is 53.8 Å².